The summed E-state index contributed by atoms with van der Waals surface area (Å²) in [5, 5.41) is 0.307. The third kappa shape index (κ3) is 3.53. The Morgan fingerprint density at radius 1 is 1.04 bits per heavy atom. The van der Waals surface area contributed by atoms with Crippen molar-refractivity contribution in [3.05, 3.63) is 74.6 Å². The number of carbonyl (C=O) groups excluding carboxylic acids is 1. The topological polar surface area (TPSA) is 77.2 Å². The van der Waals surface area contributed by atoms with Crippen LogP contribution >= 0.6 is 0 Å². The van der Waals surface area contributed by atoms with Crippen LogP contribution in [0.4, 0.5) is 0 Å². The van der Waals surface area contributed by atoms with E-state index < -0.39 is 11.2 Å². The van der Waals surface area contributed by atoms with E-state index in [4.69, 9.17) is 0 Å². The molecule has 1 amide bonds. The second kappa shape index (κ2) is 7.57. The summed E-state index contributed by atoms with van der Waals surface area (Å²) in [5.74, 6) is -0.226. The first-order valence-electron chi connectivity index (χ1n) is 8.84. The number of benzene rings is 1. The van der Waals surface area contributed by atoms with E-state index in [0.717, 1.165) is 16.6 Å². The minimum absolute atomic E-state index is 0.213. The van der Waals surface area contributed by atoms with Crippen LogP contribution in [0.15, 0.2) is 52.1 Å². The van der Waals surface area contributed by atoms with Crippen molar-refractivity contribution >= 4 is 16.9 Å². The highest BCUT2D eigenvalue weighted by molar-refractivity contribution is 5.94. The molecule has 27 heavy (non-hydrogen) atoms. The van der Waals surface area contributed by atoms with Crippen molar-refractivity contribution in [1.29, 1.82) is 0 Å². The molecule has 0 unspecified atom stereocenters. The molecule has 0 fully saturated rings. The van der Waals surface area contributed by atoms with Crippen molar-refractivity contribution in [2.45, 2.75) is 19.9 Å². The lowest BCUT2D eigenvalue weighted by atomic mass is 10.2. The summed E-state index contributed by atoms with van der Waals surface area (Å²) in [6.45, 7) is 3.07. The van der Waals surface area contributed by atoms with Crippen LogP contribution in [0.25, 0.3) is 11.0 Å². The highest BCUT2D eigenvalue weighted by Gasteiger charge is 2.19. The Labute approximate surface area is 156 Å². The minimum Gasteiger partial charge on any atom is -0.333 e. The van der Waals surface area contributed by atoms with Crippen molar-refractivity contribution in [2.24, 2.45) is 14.1 Å². The number of hydrogen-bond donors (Lipinski definition) is 0. The number of rotatable bonds is 5. The largest absolute Gasteiger partial charge is 0.333 e. The maximum Gasteiger partial charge on any atom is 0.332 e. The predicted octanol–water partition coefficient (Wildman–Crippen LogP) is 1.68. The Hall–Kier alpha value is -3.22. The molecule has 0 atom stereocenters. The van der Waals surface area contributed by atoms with Gasteiger partial charge in [0, 0.05) is 27.2 Å². The lowest BCUT2D eigenvalue weighted by Gasteiger charge is -2.22. The van der Waals surface area contributed by atoms with E-state index in [9.17, 15) is 14.4 Å². The van der Waals surface area contributed by atoms with Crippen LogP contribution in [0.3, 0.4) is 0 Å². The summed E-state index contributed by atoms with van der Waals surface area (Å²) in [6, 6.07) is 12.8. The molecule has 2 heterocycles. The van der Waals surface area contributed by atoms with E-state index in [1.54, 1.807) is 24.1 Å². The van der Waals surface area contributed by atoms with E-state index >= 15 is 0 Å². The van der Waals surface area contributed by atoms with Crippen LogP contribution in [-0.2, 0) is 20.6 Å². The van der Waals surface area contributed by atoms with Gasteiger partial charge in [-0.3, -0.25) is 18.7 Å². The number of nitrogens with zero attached hydrogens (tertiary/aromatic N) is 4. The van der Waals surface area contributed by atoms with Gasteiger partial charge in [0.2, 0.25) is 0 Å². The summed E-state index contributed by atoms with van der Waals surface area (Å²) < 4.78 is 2.32. The minimum atomic E-state index is -0.473. The number of amides is 1. The molecule has 0 radical (unpaired) electrons. The van der Waals surface area contributed by atoms with Crippen LogP contribution in [0.1, 0.15) is 29.4 Å². The van der Waals surface area contributed by atoms with E-state index in [-0.39, 0.29) is 17.2 Å². The fourth-order valence-corrected chi connectivity index (χ4v) is 3.06. The zero-order chi connectivity index (χ0) is 19.6. The van der Waals surface area contributed by atoms with Gasteiger partial charge in [-0.25, -0.2) is 9.78 Å². The number of carbonyl (C=O) groups is 1. The average Bonchev–Trinajstić information content (AvgIpc) is 2.70. The smallest absolute Gasteiger partial charge is 0.332 e. The van der Waals surface area contributed by atoms with E-state index in [2.05, 4.69) is 4.98 Å². The molecule has 2 aromatic heterocycles. The number of aryl methyl sites for hydroxylation is 1. The van der Waals surface area contributed by atoms with Crippen LogP contribution in [0.2, 0.25) is 0 Å². The Morgan fingerprint density at radius 3 is 2.41 bits per heavy atom. The zero-order valence-electron chi connectivity index (χ0n) is 15.7. The normalized spacial score (nSPS) is 10.9. The Kier molecular flexibility index (Phi) is 5.21. The van der Waals surface area contributed by atoms with Gasteiger partial charge in [0.15, 0.2) is 0 Å². The molecule has 3 aromatic rings. The summed E-state index contributed by atoms with van der Waals surface area (Å²) in [6.07, 6.45) is 0.811. The van der Waals surface area contributed by atoms with Crippen LogP contribution < -0.4 is 11.2 Å². The van der Waals surface area contributed by atoms with Gasteiger partial charge in [0.25, 0.3) is 11.5 Å². The molecule has 0 bridgehead atoms. The van der Waals surface area contributed by atoms with Crippen molar-refractivity contribution in [3.8, 4) is 0 Å². The molecular formula is C20H22N4O3. The molecule has 1 aromatic carbocycles. The van der Waals surface area contributed by atoms with Crippen molar-refractivity contribution in [3.63, 3.8) is 0 Å². The van der Waals surface area contributed by atoms with E-state index in [1.807, 2.05) is 37.3 Å². The maximum atomic E-state index is 13.0. The van der Waals surface area contributed by atoms with Gasteiger partial charge < -0.3 is 4.90 Å². The molecule has 7 heteroatoms. The standard InChI is InChI=1S/C20H22N4O3/c1-4-12-24(13-14-8-6-5-7-9-14)19(26)16-11-10-15-17(21-16)22(2)20(27)23(3)18(15)25/h5-11H,4,12-13H2,1-3H3. The summed E-state index contributed by atoms with van der Waals surface area (Å²) in [4.78, 5) is 43.5. The first kappa shape index (κ1) is 18.6. The quantitative estimate of drug-likeness (QED) is 0.688. The number of fused-ring (bicyclic) bond motifs is 1. The van der Waals surface area contributed by atoms with Crippen LogP contribution in [0, 0.1) is 0 Å². The third-order valence-corrected chi connectivity index (χ3v) is 4.52. The molecule has 140 valence electrons. The lowest BCUT2D eigenvalue weighted by molar-refractivity contribution is 0.0737. The molecule has 7 nitrogen and oxygen atoms in total. The average molecular weight is 366 g/mol. The number of hydrogen-bond acceptors (Lipinski definition) is 4. The zero-order valence-corrected chi connectivity index (χ0v) is 15.7. The van der Waals surface area contributed by atoms with Gasteiger partial charge in [0.05, 0.1) is 5.39 Å². The van der Waals surface area contributed by atoms with Crippen molar-refractivity contribution in [2.75, 3.05) is 6.54 Å². The molecule has 0 aliphatic rings. The van der Waals surface area contributed by atoms with E-state index in [0.29, 0.717) is 18.5 Å². The fraction of sp³-hybridized carbons (Fsp3) is 0.300. The highest BCUT2D eigenvalue weighted by atomic mass is 16.2. The lowest BCUT2D eigenvalue weighted by Crippen LogP contribution is -2.38. The Morgan fingerprint density at radius 2 is 1.74 bits per heavy atom. The second-order valence-electron chi connectivity index (χ2n) is 6.49. The maximum absolute atomic E-state index is 13.0. The molecule has 0 aliphatic heterocycles. The predicted molar refractivity (Wildman–Crippen MR) is 104 cm³/mol. The fourth-order valence-electron chi connectivity index (χ4n) is 3.06. The van der Waals surface area contributed by atoms with Gasteiger partial charge in [-0.2, -0.15) is 0 Å². The molecule has 0 saturated carbocycles. The van der Waals surface area contributed by atoms with Crippen molar-refractivity contribution < 1.29 is 4.79 Å². The molecule has 0 aliphatic carbocycles. The Bertz CT molecular complexity index is 1100. The van der Waals surface area contributed by atoms with Crippen LogP contribution in [-0.4, -0.2) is 31.5 Å². The summed E-state index contributed by atoms with van der Waals surface area (Å²) in [5.41, 5.74) is 0.565. The third-order valence-electron chi connectivity index (χ3n) is 4.52. The first-order valence-corrected chi connectivity index (χ1v) is 8.84. The highest BCUT2D eigenvalue weighted by Crippen LogP contribution is 2.12. The van der Waals surface area contributed by atoms with Gasteiger partial charge in [-0.15, -0.1) is 0 Å². The first-order chi connectivity index (χ1) is 12.9. The van der Waals surface area contributed by atoms with E-state index in [1.165, 1.54) is 11.6 Å². The Balaban J connectivity index is 2.03. The van der Waals surface area contributed by atoms with Gasteiger partial charge in [-0.1, -0.05) is 37.3 Å². The molecule has 0 spiro atoms. The van der Waals surface area contributed by atoms with Crippen LogP contribution in [0.5, 0.6) is 0 Å². The molecule has 3 rings (SSSR count). The molecule has 0 saturated heterocycles. The summed E-state index contributed by atoms with van der Waals surface area (Å²) >= 11 is 0. The molecular weight excluding hydrogens is 344 g/mol. The molecule has 0 N–H and O–H groups in total. The number of aromatic nitrogens is 3. The number of pyridine rings is 1. The second-order valence-corrected chi connectivity index (χ2v) is 6.49. The van der Waals surface area contributed by atoms with Gasteiger partial charge in [0.1, 0.15) is 11.3 Å². The van der Waals surface area contributed by atoms with Gasteiger partial charge in [-0.05, 0) is 24.1 Å². The van der Waals surface area contributed by atoms with Gasteiger partial charge >= 0.3 is 5.69 Å². The SMILES string of the molecule is CCCN(Cc1ccccc1)C(=O)c1ccc2c(=O)n(C)c(=O)n(C)c2n1. The summed E-state index contributed by atoms with van der Waals surface area (Å²) in [7, 11) is 2.96. The van der Waals surface area contributed by atoms with Crippen molar-refractivity contribution in [1.82, 2.24) is 19.0 Å². The monoisotopic (exact) mass is 366 g/mol.